The van der Waals surface area contributed by atoms with Crippen LogP contribution >= 0.6 is 0 Å². The van der Waals surface area contributed by atoms with Crippen LogP contribution in [0.3, 0.4) is 0 Å². The zero-order valence-electron chi connectivity index (χ0n) is 10.2. The van der Waals surface area contributed by atoms with Crippen molar-refractivity contribution in [2.75, 3.05) is 6.54 Å². The molecule has 3 nitrogen and oxygen atoms in total. The number of aromatic nitrogens is 1. The summed E-state index contributed by atoms with van der Waals surface area (Å²) in [7, 11) is 1.83. The molecule has 1 aromatic heterocycles. The Morgan fingerprint density at radius 3 is 3.06 bits per heavy atom. The molecule has 1 atom stereocenters. The average molecular weight is 246 g/mol. The van der Waals surface area contributed by atoms with Gasteiger partial charge in [-0.25, -0.2) is 4.39 Å². The summed E-state index contributed by atoms with van der Waals surface area (Å²) in [5, 5.41) is 4.04. The fourth-order valence-corrected chi connectivity index (χ4v) is 2.65. The SMILES string of the molecule is Cn1cc(C(=O)C2CCCN2)c2ccc(F)cc21. The number of halogens is 1. The lowest BCUT2D eigenvalue weighted by atomic mass is 10.0. The molecule has 0 radical (unpaired) electrons. The molecule has 1 saturated heterocycles. The molecule has 0 bridgehead atoms. The van der Waals surface area contributed by atoms with Crippen LogP contribution in [0.25, 0.3) is 10.9 Å². The van der Waals surface area contributed by atoms with E-state index in [2.05, 4.69) is 5.32 Å². The van der Waals surface area contributed by atoms with Gasteiger partial charge in [0, 0.05) is 24.2 Å². The van der Waals surface area contributed by atoms with Crippen molar-refractivity contribution in [1.82, 2.24) is 9.88 Å². The Labute approximate surface area is 105 Å². The minimum atomic E-state index is -0.276. The maximum Gasteiger partial charge on any atom is 0.181 e. The second-order valence-electron chi connectivity index (χ2n) is 4.83. The number of carbonyl (C=O) groups is 1. The van der Waals surface area contributed by atoms with Crippen LogP contribution in [-0.4, -0.2) is 22.9 Å². The van der Waals surface area contributed by atoms with Crippen LogP contribution in [0, 0.1) is 5.82 Å². The number of hydrogen-bond acceptors (Lipinski definition) is 2. The predicted molar refractivity (Wildman–Crippen MR) is 68.2 cm³/mol. The molecule has 1 aliphatic heterocycles. The lowest BCUT2D eigenvalue weighted by Gasteiger charge is -2.07. The summed E-state index contributed by atoms with van der Waals surface area (Å²) >= 11 is 0. The van der Waals surface area contributed by atoms with Gasteiger partial charge < -0.3 is 9.88 Å². The third kappa shape index (κ3) is 1.73. The molecule has 0 amide bonds. The Morgan fingerprint density at radius 2 is 2.33 bits per heavy atom. The van der Waals surface area contributed by atoms with Crippen LogP contribution in [0.2, 0.25) is 0 Å². The van der Waals surface area contributed by atoms with Gasteiger partial charge in [-0.3, -0.25) is 4.79 Å². The van der Waals surface area contributed by atoms with Crippen molar-refractivity contribution in [2.24, 2.45) is 7.05 Å². The minimum absolute atomic E-state index is 0.0827. The van der Waals surface area contributed by atoms with Crippen molar-refractivity contribution in [3.8, 4) is 0 Å². The molecule has 0 saturated carbocycles. The van der Waals surface area contributed by atoms with Gasteiger partial charge in [-0.15, -0.1) is 0 Å². The second kappa shape index (κ2) is 4.21. The summed E-state index contributed by atoms with van der Waals surface area (Å²) in [6, 6.07) is 4.48. The summed E-state index contributed by atoms with van der Waals surface area (Å²) in [6.07, 6.45) is 3.72. The number of fused-ring (bicyclic) bond motifs is 1. The van der Waals surface area contributed by atoms with Gasteiger partial charge in [0.05, 0.1) is 11.6 Å². The van der Waals surface area contributed by atoms with Gasteiger partial charge in [-0.2, -0.15) is 0 Å². The Hall–Kier alpha value is -1.68. The van der Waals surface area contributed by atoms with Crippen LogP contribution in [0.4, 0.5) is 4.39 Å². The molecule has 1 aromatic carbocycles. The van der Waals surface area contributed by atoms with Crippen molar-refractivity contribution < 1.29 is 9.18 Å². The van der Waals surface area contributed by atoms with E-state index in [4.69, 9.17) is 0 Å². The van der Waals surface area contributed by atoms with E-state index < -0.39 is 0 Å². The summed E-state index contributed by atoms with van der Waals surface area (Å²) in [5.41, 5.74) is 1.45. The maximum atomic E-state index is 13.2. The fourth-order valence-electron chi connectivity index (χ4n) is 2.65. The average Bonchev–Trinajstić information content (AvgIpc) is 2.97. The number of benzene rings is 1. The number of rotatable bonds is 2. The largest absolute Gasteiger partial charge is 0.350 e. The first kappa shape index (κ1) is 11.4. The van der Waals surface area contributed by atoms with E-state index in [0.29, 0.717) is 5.56 Å². The monoisotopic (exact) mass is 246 g/mol. The highest BCUT2D eigenvalue weighted by molar-refractivity contribution is 6.10. The molecule has 3 rings (SSSR count). The molecule has 0 aliphatic carbocycles. The Morgan fingerprint density at radius 1 is 1.50 bits per heavy atom. The van der Waals surface area contributed by atoms with Gasteiger partial charge in [-0.05, 0) is 37.6 Å². The van der Waals surface area contributed by atoms with Gasteiger partial charge in [-0.1, -0.05) is 0 Å². The van der Waals surface area contributed by atoms with Crippen LogP contribution in [0.15, 0.2) is 24.4 Å². The van der Waals surface area contributed by atoms with Gasteiger partial charge in [0.2, 0.25) is 0 Å². The molecule has 1 unspecified atom stereocenters. The van der Waals surface area contributed by atoms with Crippen LogP contribution in [0.1, 0.15) is 23.2 Å². The summed E-state index contributed by atoms with van der Waals surface area (Å²) < 4.78 is 15.0. The van der Waals surface area contributed by atoms with E-state index >= 15 is 0 Å². The van der Waals surface area contributed by atoms with Gasteiger partial charge in [0.1, 0.15) is 5.82 Å². The number of nitrogens with one attached hydrogen (secondary N) is 1. The quantitative estimate of drug-likeness (QED) is 0.825. The Kier molecular flexibility index (Phi) is 2.67. The molecule has 1 N–H and O–H groups in total. The lowest BCUT2D eigenvalue weighted by Crippen LogP contribution is -2.30. The van der Waals surface area contributed by atoms with Crippen molar-refractivity contribution in [3.05, 3.63) is 35.8 Å². The highest BCUT2D eigenvalue weighted by atomic mass is 19.1. The topological polar surface area (TPSA) is 34.0 Å². The smallest absolute Gasteiger partial charge is 0.181 e. The molecule has 2 aromatic rings. The standard InChI is InChI=1S/C14H15FN2O/c1-17-8-11(14(18)12-3-2-6-16-12)10-5-4-9(15)7-13(10)17/h4-5,7-8,12,16H,2-3,6H2,1H3. The number of carbonyl (C=O) groups excluding carboxylic acids is 1. The first-order chi connectivity index (χ1) is 8.66. The van der Waals surface area contributed by atoms with Gasteiger partial charge >= 0.3 is 0 Å². The molecule has 18 heavy (non-hydrogen) atoms. The van der Waals surface area contributed by atoms with Crippen molar-refractivity contribution in [3.63, 3.8) is 0 Å². The maximum absolute atomic E-state index is 13.2. The molecular formula is C14H15FN2O. The van der Waals surface area contributed by atoms with E-state index in [1.54, 1.807) is 16.8 Å². The fraction of sp³-hybridized carbons (Fsp3) is 0.357. The minimum Gasteiger partial charge on any atom is -0.350 e. The van der Waals surface area contributed by atoms with Crippen molar-refractivity contribution >= 4 is 16.7 Å². The first-order valence-corrected chi connectivity index (χ1v) is 6.19. The molecule has 1 aliphatic rings. The third-order valence-corrected chi connectivity index (χ3v) is 3.59. The van der Waals surface area contributed by atoms with Crippen LogP contribution < -0.4 is 5.32 Å². The van der Waals surface area contributed by atoms with E-state index in [9.17, 15) is 9.18 Å². The summed E-state index contributed by atoms with van der Waals surface area (Å²) in [6.45, 7) is 0.899. The Balaban J connectivity index is 2.09. The Bertz CT molecular complexity index is 612. The molecule has 0 spiro atoms. The van der Waals surface area contributed by atoms with E-state index in [-0.39, 0.29) is 17.6 Å². The number of nitrogens with zero attached hydrogens (tertiary/aromatic N) is 1. The molecule has 2 heterocycles. The normalized spacial score (nSPS) is 19.6. The van der Waals surface area contributed by atoms with E-state index in [0.717, 1.165) is 30.3 Å². The summed E-state index contributed by atoms with van der Waals surface area (Å²) in [5.74, 6) is -0.161. The number of hydrogen-bond donors (Lipinski definition) is 1. The zero-order valence-corrected chi connectivity index (χ0v) is 10.2. The van der Waals surface area contributed by atoms with E-state index in [1.165, 1.54) is 12.1 Å². The third-order valence-electron chi connectivity index (χ3n) is 3.59. The number of ketones is 1. The van der Waals surface area contributed by atoms with E-state index in [1.807, 2.05) is 7.05 Å². The second-order valence-corrected chi connectivity index (χ2v) is 4.83. The van der Waals surface area contributed by atoms with Crippen molar-refractivity contribution in [1.29, 1.82) is 0 Å². The van der Waals surface area contributed by atoms with Crippen molar-refractivity contribution in [2.45, 2.75) is 18.9 Å². The van der Waals surface area contributed by atoms with Gasteiger partial charge in [0.25, 0.3) is 0 Å². The summed E-state index contributed by atoms with van der Waals surface area (Å²) in [4.78, 5) is 12.4. The molecular weight excluding hydrogens is 231 g/mol. The van der Waals surface area contributed by atoms with Crippen LogP contribution in [-0.2, 0) is 7.05 Å². The highest BCUT2D eigenvalue weighted by Gasteiger charge is 2.25. The number of aryl methyl sites for hydroxylation is 1. The predicted octanol–water partition coefficient (Wildman–Crippen LogP) is 2.25. The molecule has 4 heteroatoms. The zero-order chi connectivity index (χ0) is 12.7. The first-order valence-electron chi connectivity index (χ1n) is 6.19. The molecule has 94 valence electrons. The van der Waals surface area contributed by atoms with Crippen LogP contribution in [0.5, 0.6) is 0 Å². The van der Waals surface area contributed by atoms with Gasteiger partial charge in [0.15, 0.2) is 5.78 Å². The lowest BCUT2D eigenvalue weighted by molar-refractivity contribution is 0.0954. The molecule has 1 fully saturated rings. The number of Topliss-reactive ketones (excluding diaryl/α,β-unsaturated/α-hetero) is 1. The highest BCUT2D eigenvalue weighted by Crippen LogP contribution is 2.24.